The summed E-state index contributed by atoms with van der Waals surface area (Å²) in [5, 5.41) is 12.5. The van der Waals surface area contributed by atoms with E-state index in [-0.39, 0.29) is 28.7 Å². The highest BCUT2D eigenvalue weighted by molar-refractivity contribution is 5.81. The van der Waals surface area contributed by atoms with E-state index in [0.717, 1.165) is 5.56 Å². The first-order chi connectivity index (χ1) is 18.2. The Balaban J connectivity index is 1.44. The fourth-order valence-corrected chi connectivity index (χ4v) is 5.79. The van der Waals surface area contributed by atoms with Crippen LogP contribution in [0.15, 0.2) is 44.7 Å². The van der Waals surface area contributed by atoms with Crippen molar-refractivity contribution < 1.29 is 4.92 Å². The van der Waals surface area contributed by atoms with Crippen molar-refractivity contribution in [2.24, 2.45) is 7.05 Å². The summed E-state index contributed by atoms with van der Waals surface area (Å²) < 4.78 is 6.10. The first-order valence-corrected chi connectivity index (χ1v) is 13.0. The maximum atomic E-state index is 13.3. The number of nitro groups is 1. The third-order valence-corrected chi connectivity index (χ3v) is 7.82. The van der Waals surface area contributed by atoms with E-state index in [1.54, 1.807) is 28.3 Å². The fourth-order valence-electron chi connectivity index (χ4n) is 5.79. The van der Waals surface area contributed by atoms with Gasteiger partial charge in [0.2, 0.25) is 0 Å². The molecular weight excluding hydrogens is 488 g/mol. The van der Waals surface area contributed by atoms with E-state index in [9.17, 15) is 24.5 Å². The molecule has 0 amide bonds. The van der Waals surface area contributed by atoms with Crippen LogP contribution in [0.25, 0.3) is 21.9 Å². The Kier molecular flexibility index (Phi) is 6.56. The zero-order valence-corrected chi connectivity index (χ0v) is 22.1. The van der Waals surface area contributed by atoms with Crippen LogP contribution < -0.4 is 16.9 Å². The van der Waals surface area contributed by atoms with Gasteiger partial charge < -0.3 is 0 Å². The van der Waals surface area contributed by atoms with Crippen molar-refractivity contribution in [3.63, 3.8) is 0 Å². The molecule has 0 unspecified atom stereocenters. The molecule has 0 spiro atoms. The molecule has 11 heteroatoms. The summed E-state index contributed by atoms with van der Waals surface area (Å²) in [4.78, 5) is 52.9. The first-order valence-electron chi connectivity index (χ1n) is 13.0. The SMILES string of the molecule is CCn1c(=O)n(CC)c2cc([N+](=O)[O-])c(CN3CCC(n4c(=O)c5cc(C)ccc5n(C)c4=O)CC3)cc21. The van der Waals surface area contributed by atoms with Crippen molar-refractivity contribution in [1.29, 1.82) is 0 Å². The van der Waals surface area contributed by atoms with Crippen LogP contribution in [0.3, 0.4) is 0 Å². The van der Waals surface area contributed by atoms with E-state index in [4.69, 9.17) is 0 Å². The first kappa shape index (κ1) is 25.7. The Morgan fingerprint density at radius 3 is 2.16 bits per heavy atom. The van der Waals surface area contributed by atoms with Gasteiger partial charge in [-0.25, -0.2) is 9.59 Å². The van der Waals surface area contributed by atoms with Crippen LogP contribution in [0.1, 0.15) is 43.9 Å². The molecule has 5 rings (SSSR count). The molecule has 1 aliphatic rings. The number of aromatic nitrogens is 4. The standard InChI is InChI=1S/C27H32N6O5/c1-5-30-23-14-18(22(33(37)38)15-24(23)31(6-2)27(30)36)16-29-11-9-19(10-12-29)32-25(34)20-13-17(3)7-8-21(20)28(4)26(32)35/h7-8,13-15,19H,5-6,9-12,16H2,1-4H3. The number of hydrogen-bond acceptors (Lipinski definition) is 6. The number of hydrogen-bond donors (Lipinski definition) is 0. The summed E-state index contributed by atoms with van der Waals surface area (Å²) in [6, 6.07) is 8.54. The minimum absolute atomic E-state index is 0.00920. The molecule has 0 saturated carbocycles. The van der Waals surface area contributed by atoms with Gasteiger partial charge in [-0.3, -0.25) is 38.1 Å². The lowest BCUT2D eigenvalue weighted by Crippen LogP contribution is -2.45. The lowest BCUT2D eigenvalue weighted by Gasteiger charge is -2.32. The van der Waals surface area contributed by atoms with Crippen LogP contribution in [0.5, 0.6) is 0 Å². The number of fused-ring (bicyclic) bond motifs is 2. The molecule has 1 fully saturated rings. The monoisotopic (exact) mass is 520 g/mol. The molecule has 2 aromatic carbocycles. The molecule has 0 N–H and O–H groups in total. The molecule has 2 aromatic heterocycles. The summed E-state index contributed by atoms with van der Waals surface area (Å²) in [6.45, 7) is 8.06. The summed E-state index contributed by atoms with van der Waals surface area (Å²) in [5.41, 5.74) is 2.59. The van der Waals surface area contributed by atoms with Gasteiger partial charge in [-0.1, -0.05) is 11.6 Å². The largest absolute Gasteiger partial charge is 0.331 e. The second kappa shape index (κ2) is 9.71. The quantitative estimate of drug-likeness (QED) is 0.285. The van der Waals surface area contributed by atoms with Gasteiger partial charge in [0.1, 0.15) is 0 Å². The zero-order valence-electron chi connectivity index (χ0n) is 22.1. The van der Waals surface area contributed by atoms with Gasteiger partial charge in [0.25, 0.3) is 11.2 Å². The zero-order chi connectivity index (χ0) is 27.3. The van der Waals surface area contributed by atoms with Gasteiger partial charge in [0.05, 0.1) is 26.9 Å². The van der Waals surface area contributed by atoms with Crippen molar-refractivity contribution in [1.82, 2.24) is 23.2 Å². The van der Waals surface area contributed by atoms with Crippen LogP contribution in [0, 0.1) is 17.0 Å². The Hall–Kier alpha value is -3.99. The number of nitrogens with zero attached hydrogens (tertiary/aromatic N) is 6. The summed E-state index contributed by atoms with van der Waals surface area (Å²) >= 11 is 0. The molecule has 0 bridgehead atoms. The predicted octanol–water partition coefficient (Wildman–Crippen LogP) is 2.91. The maximum absolute atomic E-state index is 13.3. The van der Waals surface area contributed by atoms with Crippen LogP contribution in [-0.2, 0) is 26.7 Å². The summed E-state index contributed by atoms with van der Waals surface area (Å²) in [5.74, 6) is 0. The van der Waals surface area contributed by atoms with Gasteiger partial charge in [-0.05, 0) is 51.8 Å². The normalized spacial score (nSPS) is 15.1. The second-order valence-corrected chi connectivity index (χ2v) is 10.0. The molecule has 0 radical (unpaired) electrons. The molecule has 1 saturated heterocycles. The number of likely N-dealkylation sites (tertiary alicyclic amines) is 1. The highest BCUT2D eigenvalue weighted by atomic mass is 16.6. The maximum Gasteiger partial charge on any atom is 0.331 e. The average Bonchev–Trinajstić information content (AvgIpc) is 3.16. The van der Waals surface area contributed by atoms with Gasteiger partial charge in [-0.2, -0.15) is 0 Å². The predicted molar refractivity (Wildman–Crippen MR) is 146 cm³/mol. The molecule has 0 aliphatic carbocycles. The van der Waals surface area contributed by atoms with Crippen LogP contribution >= 0.6 is 0 Å². The highest BCUT2D eigenvalue weighted by Gasteiger charge is 2.27. The van der Waals surface area contributed by atoms with E-state index in [2.05, 4.69) is 4.90 Å². The number of piperidine rings is 1. The number of benzene rings is 2. The van der Waals surface area contributed by atoms with E-state index in [0.29, 0.717) is 73.1 Å². The minimum atomic E-state index is -0.393. The summed E-state index contributed by atoms with van der Waals surface area (Å²) in [7, 11) is 1.68. The minimum Gasteiger partial charge on any atom is -0.299 e. The van der Waals surface area contributed by atoms with Crippen molar-refractivity contribution in [3.05, 3.63) is 82.9 Å². The van der Waals surface area contributed by atoms with E-state index in [1.165, 1.54) is 15.2 Å². The molecule has 38 heavy (non-hydrogen) atoms. The smallest absolute Gasteiger partial charge is 0.299 e. The molecule has 200 valence electrons. The van der Waals surface area contributed by atoms with Crippen molar-refractivity contribution >= 4 is 27.6 Å². The Labute approximate surface area is 218 Å². The Morgan fingerprint density at radius 1 is 0.921 bits per heavy atom. The topological polar surface area (TPSA) is 117 Å². The van der Waals surface area contributed by atoms with Crippen molar-refractivity contribution in [2.75, 3.05) is 13.1 Å². The third-order valence-electron chi connectivity index (χ3n) is 7.82. The van der Waals surface area contributed by atoms with Crippen LogP contribution in [0.2, 0.25) is 0 Å². The molecule has 11 nitrogen and oxygen atoms in total. The molecular formula is C27H32N6O5. The molecule has 3 heterocycles. The third kappa shape index (κ3) is 4.07. The highest BCUT2D eigenvalue weighted by Crippen LogP contribution is 2.29. The summed E-state index contributed by atoms with van der Waals surface area (Å²) in [6.07, 6.45) is 1.16. The van der Waals surface area contributed by atoms with Crippen molar-refractivity contribution in [2.45, 2.75) is 59.3 Å². The lowest BCUT2D eigenvalue weighted by atomic mass is 10.0. The van der Waals surface area contributed by atoms with E-state index in [1.807, 2.05) is 32.9 Å². The Bertz CT molecular complexity index is 1750. The van der Waals surface area contributed by atoms with Gasteiger partial charge in [-0.15, -0.1) is 0 Å². The second-order valence-electron chi connectivity index (χ2n) is 10.0. The van der Waals surface area contributed by atoms with Gasteiger partial charge in [0, 0.05) is 57.4 Å². The van der Waals surface area contributed by atoms with Crippen LogP contribution in [-0.4, -0.2) is 41.2 Å². The number of imidazole rings is 1. The average molecular weight is 521 g/mol. The lowest BCUT2D eigenvalue weighted by molar-refractivity contribution is -0.385. The van der Waals surface area contributed by atoms with Crippen molar-refractivity contribution in [3.8, 4) is 0 Å². The Morgan fingerprint density at radius 2 is 1.55 bits per heavy atom. The van der Waals surface area contributed by atoms with Crippen LogP contribution in [0.4, 0.5) is 5.69 Å². The number of aryl methyl sites for hydroxylation is 4. The fraction of sp³-hybridized carbons (Fsp3) is 0.444. The van der Waals surface area contributed by atoms with Gasteiger partial charge in [0.15, 0.2) is 0 Å². The van der Waals surface area contributed by atoms with Gasteiger partial charge >= 0.3 is 11.4 Å². The molecule has 0 atom stereocenters. The number of nitro benzene ring substituents is 1. The van der Waals surface area contributed by atoms with E-state index < -0.39 is 4.92 Å². The number of rotatable bonds is 6. The van der Waals surface area contributed by atoms with E-state index >= 15 is 0 Å². The molecule has 1 aliphatic heterocycles. The molecule has 4 aromatic rings.